The lowest BCUT2D eigenvalue weighted by atomic mass is 10.3. The molecule has 66 valence electrons. The Labute approximate surface area is 78.6 Å². The molecule has 0 aromatic heterocycles. The maximum absolute atomic E-state index is 12.8. The summed E-state index contributed by atoms with van der Waals surface area (Å²) < 4.78 is 18.4. The fourth-order valence-corrected chi connectivity index (χ4v) is 0.990. The molecule has 0 amide bonds. The van der Waals surface area contributed by atoms with Crippen LogP contribution in [0.15, 0.2) is 22.7 Å². The van der Waals surface area contributed by atoms with Crippen LogP contribution < -0.4 is 10.5 Å². The number of halogens is 2. The molecule has 0 radical (unpaired) electrons. The van der Waals surface area contributed by atoms with E-state index in [9.17, 15) is 4.39 Å². The van der Waals surface area contributed by atoms with Gasteiger partial charge in [0.2, 0.25) is 0 Å². The lowest BCUT2D eigenvalue weighted by molar-refractivity contribution is 0.326. The topological polar surface area (TPSA) is 35.2 Å². The molecule has 1 rings (SSSR count). The molecule has 1 aromatic rings. The molecular weight excluding hydrogens is 225 g/mol. The summed E-state index contributed by atoms with van der Waals surface area (Å²) in [4.78, 5) is 0. The summed E-state index contributed by atoms with van der Waals surface area (Å²) in [6.45, 7) is 0.832. The van der Waals surface area contributed by atoms with Crippen molar-refractivity contribution in [1.82, 2.24) is 0 Å². The van der Waals surface area contributed by atoms with E-state index in [1.165, 1.54) is 6.07 Å². The summed E-state index contributed by atoms with van der Waals surface area (Å²) in [5.41, 5.74) is 5.22. The van der Waals surface area contributed by atoms with Crippen molar-refractivity contribution in [2.75, 3.05) is 13.2 Å². The van der Waals surface area contributed by atoms with Crippen molar-refractivity contribution in [3.05, 3.63) is 28.5 Å². The van der Waals surface area contributed by atoms with E-state index in [2.05, 4.69) is 15.9 Å². The van der Waals surface area contributed by atoms with Crippen molar-refractivity contribution in [3.8, 4) is 5.75 Å². The van der Waals surface area contributed by atoms with E-state index < -0.39 is 0 Å². The van der Waals surface area contributed by atoms with Crippen LogP contribution in [0.4, 0.5) is 4.39 Å². The first-order valence-electron chi connectivity index (χ1n) is 3.52. The summed E-state index contributed by atoms with van der Waals surface area (Å²) in [6, 6.07) is 4.60. The second kappa shape index (κ2) is 4.42. The number of nitrogens with two attached hydrogens (primary N) is 1. The lowest BCUT2D eigenvalue weighted by Gasteiger charge is -2.04. The number of hydrogen-bond donors (Lipinski definition) is 1. The Hall–Kier alpha value is -0.610. The van der Waals surface area contributed by atoms with Crippen LogP contribution in [0.25, 0.3) is 0 Å². The van der Waals surface area contributed by atoms with Gasteiger partial charge in [0.05, 0.1) is 4.47 Å². The zero-order valence-electron chi connectivity index (χ0n) is 6.39. The molecule has 0 atom stereocenters. The maximum Gasteiger partial charge on any atom is 0.141 e. The molecule has 0 bridgehead atoms. The van der Waals surface area contributed by atoms with Crippen LogP contribution in [0.2, 0.25) is 0 Å². The molecule has 0 aliphatic heterocycles. The third kappa shape index (κ3) is 2.46. The van der Waals surface area contributed by atoms with Gasteiger partial charge in [-0.2, -0.15) is 0 Å². The normalized spacial score (nSPS) is 9.92. The van der Waals surface area contributed by atoms with Crippen LogP contribution in [0.3, 0.4) is 0 Å². The zero-order valence-corrected chi connectivity index (χ0v) is 7.97. The molecule has 4 heteroatoms. The van der Waals surface area contributed by atoms with Crippen LogP contribution in [-0.4, -0.2) is 13.2 Å². The monoisotopic (exact) mass is 233 g/mol. The molecule has 0 aliphatic rings. The van der Waals surface area contributed by atoms with Crippen molar-refractivity contribution >= 4 is 15.9 Å². The second-order valence-corrected chi connectivity index (χ2v) is 3.07. The molecule has 0 unspecified atom stereocenters. The van der Waals surface area contributed by atoms with Crippen LogP contribution in [0, 0.1) is 5.82 Å². The van der Waals surface area contributed by atoms with Crippen molar-refractivity contribution in [1.29, 1.82) is 0 Å². The first-order chi connectivity index (χ1) is 5.74. The van der Waals surface area contributed by atoms with E-state index >= 15 is 0 Å². The zero-order chi connectivity index (χ0) is 8.97. The quantitative estimate of drug-likeness (QED) is 0.867. The minimum absolute atomic E-state index is 0.329. The van der Waals surface area contributed by atoms with Gasteiger partial charge in [0, 0.05) is 12.6 Å². The minimum atomic E-state index is -0.329. The standard InChI is InChI=1S/C8H9BrFNO/c9-7-2-1-6(5-8(7)10)12-4-3-11/h1-2,5H,3-4,11H2. The predicted octanol–water partition coefficient (Wildman–Crippen LogP) is 1.93. The highest BCUT2D eigenvalue weighted by Crippen LogP contribution is 2.20. The molecule has 1 aromatic carbocycles. The molecular formula is C8H9BrFNO. The third-order valence-corrected chi connectivity index (χ3v) is 1.92. The SMILES string of the molecule is NCCOc1ccc(Br)c(F)c1. The molecule has 0 fully saturated rings. The minimum Gasteiger partial charge on any atom is -0.492 e. The lowest BCUT2D eigenvalue weighted by Crippen LogP contribution is -2.10. The molecule has 2 nitrogen and oxygen atoms in total. The summed E-state index contributed by atoms with van der Waals surface area (Å²) in [7, 11) is 0. The Bertz CT molecular complexity index is 267. The number of benzene rings is 1. The van der Waals surface area contributed by atoms with E-state index in [-0.39, 0.29) is 5.82 Å². The molecule has 0 aliphatic carbocycles. The first-order valence-corrected chi connectivity index (χ1v) is 4.31. The molecule has 2 N–H and O–H groups in total. The van der Waals surface area contributed by atoms with E-state index in [1.54, 1.807) is 12.1 Å². The molecule has 12 heavy (non-hydrogen) atoms. The third-order valence-electron chi connectivity index (χ3n) is 1.28. The summed E-state index contributed by atoms with van der Waals surface area (Å²) in [6.07, 6.45) is 0. The van der Waals surface area contributed by atoms with Gasteiger partial charge in [-0.05, 0) is 28.1 Å². The van der Waals surface area contributed by atoms with Gasteiger partial charge in [-0.25, -0.2) is 4.39 Å². The maximum atomic E-state index is 12.8. The van der Waals surface area contributed by atoms with Crippen molar-refractivity contribution < 1.29 is 9.13 Å². The van der Waals surface area contributed by atoms with Gasteiger partial charge in [0.25, 0.3) is 0 Å². The second-order valence-electron chi connectivity index (χ2n) is 2.21. The Morgan fingerprint density at radius 3 is 2.83 bits per heavy atom. The van der Waals surface area contributed by atoms with Gasteiger partial charge in [-0.1, -0.05) is 0 Å². The molecule has 0 saturated heterocycles. The Morgan fingerprint density at radius 2 is 2.25 bits per heavy atom. The molecule has 0 heterocycles. The molecule has 0 spiro atoms. The van der Waals surface area contributed by atoms with Crippen LogP contribution in [-0.2, 0) is 0 Å². The van der Waals surface area contributed by atoms with Crippen molar-refractivity contribution in [2.24, 2.45) is 5.73 Å². The smallest absolute Gasteiger partial charge is 0.141 e. The number of rotatable bonds is 3. The number of ether oxygens (including phenoxy) is 1. The van der Waals surface area contributed by atoms with Gasteiger partial charge in [0.15, 0.2) is 0 Å². The summed E-state index contributed by atoms with van der Waals surface area (Å²) in [5.74, 6) is 0.172. The van der Waals surface area contributed by atoms with Gasteiger partial charge in [-0.3, -0.25) is 0 Å². The highest BCUT2D eigenvalue weighted by Gasteiger charge is 2.00. The van der Waals surface area contributed by atoms with Crippen LogP contribution in [0.5, 0.6) is 5.75 Å². The highest BCUT2D eigenvalue weighted by atomic mass is 79.9. The van der Waals surface area contributed by atoms with Gasteiger partial charge in [-0.15, -0.1) is 0 Å². The Morgan fingerprint density at radius 1 is 1.50 bits per heavy atom. The Kier molecular flexibility index (Phi) is 3.49. The average molecular weight is 234 g/mol. The summed E-state index contributed by atoms with van der Waals surface area (Å²) in [5, 5.41) is 0. The molecule has 0 saturated carbocycles. The van der Waals surface area contributed by atoms with Gasteiger partial charge in [0.1, 0.15) is 18.2 Å². The van der Waals surface area contributed by atoms with E-state index in [4.69, 9.17) is 10.5 Å². The Balaban J connectivity index is 2.69. The average Bonchev–Trinajstić information content (AvgIpc) is 2.07. The predicted molar refractivity (Wildman–Crippen MR) is 48.6 cm³/mol. The van der Waals surface area contributed by atoms with Crippen LogP contribution in [0.1, 0.15) is 0 Å². The van der Waals surface area contributed by atoms with E-state index in [1.807, 2.05) is 0 Å². The van der Waals surface area contributed by atoms with E-state index in [0.717, 1.165) is 0 Å². The summed E-state index contributed by atoms with van der Waals surface area (Å²) >= 11 is 3.04. The van der Waals surface area contributed by atoms with Crippen LogP contribution >= 0.6 is 15.9 Å². The first kappa shape index (κ1) is 9.48. The van der Waals surface area contributed by atoms with Crippen molar-refractivity contribution in [3.63, 3.8) is 0 Å². The highest BCUT2D eigenvalue weighted by molar-refractivity contribution is 9.10. The van der Waals surface area contributed by atoms with Gasteiger partial charge >= 0.3 is 0 Å². The number of hydrogen-bond acceptors (Lipinski definition) is 2. The van der Waals surface area contributed by atoms with Crippen molar-refractivity contribution in [2.45, 2.75) is 0 Å². The largest absolute Gasteiger partial charge is 0.492 e. The van der Waals surface area contributed by atoms with E-state index in [0.29, 0.717) is 23.4 Å². The fourth-order valence-electron chi connectivity index (χ4n) is 0.743. The fraction of sp³-hybridized carbons (Fsp3) is 0.250. The van der Waals surface area contributed by atoms with Gasteiger partial charge < -0.3 is 10.5 Å².